The maximum atomic E-state index is 13.0. The van der Waals surface area contributed by atoms with Crippen LogP contribution in [-0.2, 0) is 11.0 Å². The van der Waals surface area contributed by atoms with Gasteiger partial charge >= 0.3 is 6.18 Å². The molecule has 0 atom stereocenters. The number of aliphatic imine (C=N–C) groups is 1. The fraction of sp³-hybridized carbons (Fsp3) is 0.0476. The number of para-hydroxylation sites is 1. The number of anilines is 2. The fourth-order valence-corrected chi connectivity index (χ4v) is 3.05. The second-order valence-electron chi connectivity index (χ2n) is 6.18. The molecule has 0 saturated carbocycles. The second kappa shape index (κ2) is 6.53. The third-order valence-corrected chi connectivity index (χ3v) is 4.33. The van der Waals surface area contributed by atoms with E-state index in [1.807, 2.05) is 0 Å². The van der Waals surface area contributed by atoms with E-state index in [0.717, 1.165) is 12.1 Å². The van der Waals surface area contributed by atoms with Gasteiger partial charge in [0, 0.05) is 11.3 Å². The van der Waals surface area contributed by atoms with Gasteiger partial charge in [0.15, 0.2) is 0 Å². The molecule has 28 heavy (non-hydrogen) atoms. The quantitative estimate of drug-likeness (QED) is 0.662. The smallest absolute Gasteiger partial charge is 0.416 e. The van der Waals surface area contributed by atoms with Gasteiger partial charge in [0.05, 0.1) is 16.9 Å². The van der Waals surface area contributed by atoms with Crippen LogP contribution in [0.2, 0.25) is 0 Å². The van der Waals surface area contributed by atoms with Crippen LogP contribution in [0, 0.1) is 0 Å². The molecular weight excluding hydrogens is 369 g/mol. The molecule has 7 heteroatoms. The van der Waals surface area contributed by atoms with E-state index in [-0.39, 0.29) is 17.1 Å². The Balaban J connectivity index is 1.82. The highest BCUT2D eigenvalue weighted by Crippen LogP contribution is 2.37. The summed E-state index contributed by atoms with van der Waals surface area (Å²) in [7, 11) is 0. The van der Waals surface area contributed by atoms with Gasteiger partial charge < -0.3 is 5.11 Å². The van der Waals surface area contributed by atoms with Crippen LogP contribution in [0.4, 0.5) is 30.2 Å². The van der Waals surface area contributed by atoms with Crippen molar-refractivity contribution >= 4 is 28.7 Å². The minimum Gasteiger partial charge on any atom is -0.508 e. The molecule has 0 bridgehead atoms. The number of carbonyl (C=O) groups excluding carboxylic acids is 1. The molecule has 1 heterocycles. The van der Waals surface area contributed by atoms with E-state index in [2.05, 4.69) is 4.99 Å². The largest absolute Gasteiger partial charge is 0.508 e. The number of aromatic hydroxyl groups is 1. The minimum atomic E-state index is -4.49. The lowest BCUT2D eigenvalue weighted by Crippen LogP contribution is -2.25. The van der Waals surface area contributed by atoms with Crippen molar-refractivity contribution in [1.29, 1.82) is 0 Å². The Bertz CT molecular complexity index is 1090. The molecule has 0 aliphatic carbocycles. The van der Waals surface area contributed by atoms with Gasteiger partial charge in [0.25, 0.3) is 5.91 Å². The highest BCUT2D eigenvalue weighted by molar-refractivity contribution is 6.56. The van der Waals surface area contributed by atoms with Crippen molar-refractivity contribution in [3.63, 3.8) is 0 Å². The molecule has 0 unspecified atom stereocenters. The summed E-state index contributed by atoms with van der Waals surface area (Å²) in [6.45, 7) is 0. The van der Waals surface area contributed by atoms with Crippen LogP contribution in [-0.4, -0.2) is 16.7 Å². The molecule has 4 nitrogen and oxygen atoms in total. The standard InChI is InChI=1S/C21H13F3N2O2/c22-21(23,24)13-4-3-5-14(12-13)25-19-17-6-1-2-7-18(17)26(20(19)28)15-8-10-16(27)11-9-15/h1-12,27H/b25-19-. The van der Waals surface area contributed by atoms with E-state index >= 15 is 0 Å². The lowest BCUT2D eigenvalue weighted by Gasteiger charge is -2.16. The highest BCUT2D eigenvalue weighted by atomic mass is 19.4. The third kappa shape index (κ3) is 3.11. The first-order valence-electron chi connectivity index (χ1n) is 8.33. The molecule has 3 aromatic carbocycles. The van der Waals surface area contributed by atoms with Gasteiger partial charge in [0.2, 0.25) is 0 Å². The Morgan fingerprint density at radius 1 is 0.893 bits per heavy atom. The van der Waals surface area contributed by atoms with Crippen molar-refractivity contribution in [3.8, 4) is 5.75 Å². The molecule has 1 aliphatic rings. The van der Waals surface area contributed by atoms with Crippen molar-refractivity contribution in [1.82, 2.24) is 0 Å². The zero-order valence-electron chi connectivity index (χ0n) is 14.3. The Hall–Kier alpha value is -3.61. The molecule has 4 rings (SSSR count). The molecule has 0 aromatic heterocycles. The van der Waals surface area contributed by atoms with Crippen LogP contribution in [0.15, 0.2) is 77.8 Å². The molecule has 3 aromatic rings. The van der Waals surface area contributed by atoms with E-state index in [9.17, 15) is 23.1 Å². The van der Waals surface area contributed by atoms with Crippen molar-refractivity contribution in [2.24, 2.45) is 4.99 Å². The van der Waals surface area contributed by atoms with Crippen molar-refractivity contribution in [3.05, 3.63) is 83.9 Å². The van der Waals surface area contributed by atoms with Gasteiger partial charge in [-0.25, -0.2) is 4.99 Å². The molecule has 1 amide bonds. The summed E-state index contributed by atoms with van der Waals surface area (Å²) in [5.74, 6) is -0.397. The molecule has 140 valence electrons. The number of benzene rings is 3. The molecule has 0 spiro atoms. The van der Waals surface area contributed by atoms with E-state index < -0.39 is 17.6 Å². The number of rotatable bonds is 2. The summed E-state index contributed by atoms with van der Waals surface area (Å²) in [5, 5.41) is 9.48. The summed E-state index contributed by atoms with van der Waals surface area (Å²) in [4.78, 5) is 18.7. The number of nitrogens with zero attached hydrogens (tertiary/aromatic N) is 2. The lowest BCUT2D eigenvalue weighted by molar-refractivity contribution is -0.137. The first-order valence-corrected chi connectivity index (χ1v) is 8.33. The van der Waals surface area contributed by atoms with Crippen LogP contribution in [0.25, 0.3) is 0 Å². The Morgan fingerprint density at radius 2 is 1.61 bits per heavy atom. The summed E-state index contributed by atoms with van der Waals surface area (Å²) >= 11 is 0. The highest BCUT2D eigenvalue weighted by Gasteiger charge is 2.35. The van der Waals surface area contributed by atoms with Crippen LogP contribution < -0.4 is 4.90 Å². The second-order valence-corrected chi connectivity index (χ2v) is 6.18. The third-order valence-electron chi connectivity index (χ3n) is 4.33. The average Bonchev–Trinajstić information content (AvgIpc) is 2.94. The summed E-state index contributed by atoms with van der Waals surface area (Å²) in [5.41, 5.74) is 0.887. The first kappa shape index (κ1) is 17.8. The number of hydrogen-bond donors (Lipinski definition) is 1. The number of phenols is 1. The van der Waals surface area contributed by atoms with E-state index in [4.69, 9.17) is 0 Å². The van der Waals surface area contributed by atoms with Crippen molar-refractivity contribution < 1.29 is 23.1 Å². The summed E-state index contributed by atoms with van der Waals surface area (Å²) in [6, 6.07) is 17.5. The predicted molar refractivity (Wildman–Crippen MR) is 99.3 cm³/mol. The van der Waals surface area contributed by atoms with Crippen LogP contribution in [0.1, 0.15) is 11.1 Å². The Labute approximate surface area is 158 Å². The number of phenolic OH excluding ortho intramolecular Hbond substituents is 1. The minimum absolute atomic E-state index is 0.0422. The van der Waals surface area contributed by atoms with Gasteiger partial charge in [-0.15, -0.1) is 0 Å². The number of hydrogen-bond acceptors (Lipinski definition) is 3. The molecule has 1 N–H and O–H groups in total. The molecule has 0 fully saturated rings. The SMILES string of the molecule is O=C1/C(=N\c2cccc(C(F)(F)F)c2)c2ccccc2N1c1ccc(O)cc1. The maximum Gasteiger partial charge on any atom is 0.416 e. The molecule has 0 saturated heterocycles. The summed E-state index contributed by atoms with van der Waals surface area (Å²) < 4.78 is 38.9. The zero-order valence-corrected chi connectivity index (χ0v) is 14.3. The van der Waals surface area contributed by atoms with E-state index in [1.54, 1.807) is 36.4 Å². The fourth-order valence-electron chi connectivity index (χ4n) is 3.05. The van der Waals surface area contributed by atoms with Gasteiger partial charge in [-0.1, -0.05) is 24.3 Å². The van der Waals surface area contributed by atoms with Gasteiger partial charge in [-0.05, 0) is 48.5 Å². The topological polar surface area (TPSA) is 52.9 Å². The van der Waals surface area contributed by atoms with Crippen molar-refractivity contribution in [2.45, 2.75) is 6.18 Å². The number of halogens is 3. The Kier molecular flexibility index (Phi) is 4.15. The number of fused-ring (bicyclic) bond motifs is 1. The van der Waals surface area contributed by atoms with E-state index in [1.165, 1.54) is 29.2 Å². The van der Waals surface area contributed by atoms with Gasteiger partial charge in [0.1, 0.15) is 11.5 Å². The number of carbonyl (C=O) groups is 1. The maximum absolute atomic E-state index is 13.0. The Morgan fingerprint density at radius 3 is 2.32 bits per heavy atom. The van der Waals surface area contributed by atoms with Gasteiger partial charge in [-0.3, -0.25) is 9.69 Å². The number of amides is 1. The zero-order chi connectivity index (χ0) is 19.9. The average molecular weight is 382 g/mol. The normalized spacial score (nSPS) is 15.2. The van der Waals surface area contributed by atoms with Gasteiger partial charge in [-0.2, -0.15) is 13.2 Å². The molecule has 0 radical (unpaired) electrons. The van der Waals surface area contributed by atoms with Crippen LogP contribution in [0.3, 0.4) is 0 Å². The summed E-state index contributed by atoms with van der Waals surface area (Å²) in [6.07, 6.45) is -4.49. The van der Waals surface area contributed by atoms with Crippen LogP contribution in [0.5, 0.6) is 5.75 Å². The lowest BCUT2D eigenvalue weighted by atomic mass is 10.1. The first-order chi connectivity index (χ1) is 13.3. The van der Waals surface area contributed by atoms with Crippen molar-refractivity contribution in [2.75, 3.05) is 4.90 Å². The number of alkyl halides is 3. The van der Waals surface area contributed by atoms with E-state index in [0.29, 0.717) is 16.9 Å². The van der Waals surface area contributed by atoms with Crippen LogP contribution >= 0.6 is 0 Å². The predicted octanol–water partition coefficient (Wildman–Crippen LogP) is 5.21. The monoisotopic (exact) mass is 382 g/mol. The molecular formula is C21H13F3N2O2. The molecule has 1 aliphatic heterocycles.